The lowest BCUT2D eigenvalue weighted by atomic mass is 10.2. The second-order valence-electron chi connectivity index (χ2n) is 3.64. The van der Waals surface area contributed by atoms with E-state index in [0.717, 1.165) is 5.56 Å². The van der Waals surface area contributed by atoms with Gasteiger partial charge in [-0.25, -0.2) is 9.59 Å². The summed E-state index contributed by atoms with van der Waals surface area (Å²) in [5.74, 6) is -1.31. The van der Waals surface area contributed by atoms with E-state index in [0.29, 0.717) is 10.7 Å². The van der Waals surface area contributed by atoms with Crippen LogP contribution in [-0.4, -0.2) is 34.9 Å². The highest BCUT2D eigenvalue weighted by atomic mass is 35.5. The number of carboxylic acids is 1. The average Bonchev–Trinajstić information content (AvgIpc) is 2.30. The van der Waals surface area contributed by atoms with Crippen LogP contribution in [0.3, 0.4) is 0 Å². The number of anilines is 1. The van der Waals surface area contributed by atoms with Crippen LogP contribution in [0, 0.1) is 6.92 Å². The number of aryl methyl sites for hydroxylation is 1. The van der Waals surface area contributed by atoms with E-state index in [4.69, 9.17) is 21.8 Å². The summed E-state index contributed by atoms with van der Waals surface area (Å²) in [6, 6.07) is 2.83. The van der Waals surface area contributed by atoms with Gasteiger partial charge in [0.25, 0.3) is 0 Å². The van der Waals surface area contributed by atoms with Gasteiger partial charge in [-0.05, 0) is 24.6 Å². The Morgan fingerprint density at radius 3 is 2.61 bits per heavy atom. The maximum absolute atomic E-state index is 11.4. The predicted molar refractivity (Wildman–Crippen MR) is 66.9 cm³/mol. The Labute approximate surface area is 109 Å². The fourth-order valence-electron chi connectivity index (χ4n) is 1.18. The number of urea groups is 1. The minimum atomic E-state index is -1.34. The van der Waals surface area contributed by atoms with Crippen molar-refractivity contribution in [3.63, 3.8) is 0 Å². The number of carboxylic acid groups (broad SMARTS) is 1. The lowest BCUT2D eigenvalue weighted by molar-refractivity contribution is -0.140. The number of rotatable bonds is 4. The number of carbonyl (C=O) groups excluding carboxylic acids is 1. The molecule has 7 heteroatoms. The van der Waals surface area contributed by atoms with Gasteiger partial charge < -0.3 is 20.8 Å². The Morgan fingerprint density at radius 1 is 1.44 bits per heavy atom. The minimum absolute atomic E-state index is 0.435. The molecule has 0 heterocycles. The number of aliphatic carboxylic acids is 1. The van der Waals surface area contributed by atoms with Crippen molar-refractivity contribution < 1.29 is 19.8 Å². The third-order valence-electron chi connectivity index (χ3n) is 2.22. The van der Waals surface area contributed by atoms with Crippen LogP contribution < -0.4 is 10.6 Å². The van der Waals surface area contributed by atoms with Crippen LogP contribution in [0.5, 0.6) is 0 Å². The molecule has 0 aliphatic heterocycles. The third-order valence-corrected chi connectivity index (χ3v) is 2.62. The quantitative estimate of drug-likeness (QED) is 0.662. The fourth-order valence-corrected chi connectivity index (χ4v) is 1.36. The van der Waals surface area contributed by atoms with Crippen molar-refractivity contribution in [1.82, 2.24) is 5.32 Å². The molecule has 18 heavy (non-hydrogen) atoms. The van der Waals surface area contributed by atoms with Gasteiger partial charge in [-0.3, -0.25) is 0 Å². The molecule has 0 bridgehead atoms. The molecule has 0 unspecified atom stereocenters. The molecule has 1 rings (SSSR count). The monoisotopic (exact) mass is 272 g/mol. The number of halogens is 1. The van der Waals surface area contributed by atoms with Gasteiger partial charge in [0, 0.05) is 10.7 Å². The molecule has 0 radical (unpaired) electrons. The predicted octanol–water partition coefficient (Wildman–Crippen LogP) is 1.22. The Hall–Kier alpha value is -1.79. The number of carbonyl (C=O) groups is 2. The first kappa shape index (κ1) is 14.3. The van der Waals surface area contributed by atoms with Gasteiger partial charge in [-0.2, -0.15) is 0 Å². The standard InChI is InChI=1S/C11H13ClN2O4/c1-6-2-3-7(4-8(6)12)13-11(18)14-9(5-15)10(16)17/h2-4,9,15H,5H2,1H3,(H,16,17)(H2,13,14,18)/t9-/m1/s1. The summed E-state index contributed by atoms with van der Waals surface area (Å²) in [4.78, 5) is 22.0. The van der Waals surface area contributed by atoms with E-state index < -0.39 is 24.6 Å². The van der Waals surface area contributed by atoms with E-state index in [-0.39, 0.29) is 0 Å². The first-order valence-electron chi connectivity index (χ1n) is 5.11. The Balaban J connectivity index is 2.64. The van der Waals surface area contributed by atoms with Gasteiger partial charge >= 0.3 is 12.0 Å². The highest BCUT2D eigenvalue weighted by Gasteiger charge is 2.18. The minimum Gasteiger partial charge on any atom is -0.480 e. The largest absolute Gasteiger partial charge is 0.480 e. The number of aliphatic hydroxyl groups excluding tert-OH is 1. The lowest BCUT2D eigenvalue weighted by Gasteiger charge is -2.13. The van der Waals surface area contributed by atoms with E-state index in [1.165, 1.54) is 0 Å². The molecule has 0 saturated heterocycles. The molecular formula is C11H13ClN2O4. The second-order valence-corrected chi connectivity index (χ2v) is 4.04. The first-order chi connectivity index (χ1) is 8.43. The second kappa shape index (κ2) is 6.23. The SMILES string of the molecule is Cc1ccc(NC(=O)N[C@H](CO)C(=O)O)cc1Cl. The van der Waals surface area contributed by atoms with Crippen molar-refractivity contribution in [3.05, 3.63) is 28.8 Å². The molecule has 6 nitrogen and oxygen atoms in total. The summed E-state index contributed by atoms with van der Waals surface area (Å²) in [5, 5.41) is 22.4. The van der Waals surface area contributed by atoms with Crippen LogP contribution in [0.2, 0.25) is 5.02 Å². The highest BCUT2D eigenvalue weighted by Crippen LogP contribution is 2.19. The van der Waals surface area contributed by atoms with E-state index in [1.807, 2.05) is 6.92 Å². The number of hydrogen-bond acceptors (Lipinski definition) is 3. The molecule has 0 aliphatic rings. The summed E-state index contributed by atoms with van der Waals surface area (Å²) >= 11 is 5.87. The molecule has 1 aromatic rings. The number of aliphatic hydroxyl groups is 1. The average molecular weight is 273 g/mol. The number of amides is 2. The fraction of sp³-hybridized carbons (Fsp3) is 0.273. The van der Waals surface area contributed by atoms with Crippen molar-refractivity contribution >= 4 is 29.3 Å². The van der Waals surface area contributed by atoms with Crippen LogP contribution in [0.25, 0.3) is 0 Å². The summed E-state index contributed by atoms with van der Waals surface area (Å²) in [6.45, 7) is 1.13. The molecule has 0 aromatic heterocycles. The normalized spacial score (nSPS) is 11.7. The smallest absolute Gasteiger partial charge is 0.328 e. The van der Waals surface area contributed by atoms with E-state index in [1.54, 1.807) is 18.2 Å². The summed E-state index contributed by atoms with van der Waals surface area (Å²) in [7, 11) is 0. The van der Waals surface area contributed by atoms with Gasteiger partial charge in [0.2, 0.25) is 0 Å². The Kier molecular flexibility index (Phi) is 4.94. The molecule has 0 fully saturated rings. The van der Waals surface area contributed by atoms with Gasteiger partial charge in [0.1, 0.15) is 0 Å². The van der Waals surface area contributed by atoms with Crippen LogP contribution in [0.15, 0.2) is 18.2 Å². The zero-order valence-electron chi connectivity index (χ0n) is 9.61. The maximum Gasteiger partial charge on any atom is 0.328 e. The molecule has 1 aromatic carbocycles. The van der Waals surface area contributed by atoms with Crippen molar-refractivity contribution in [2.45, 2.75) is 13.0 Å². The van der Waals surface area contributed by atoms with Gasteiger partial charge in [-0.15, -0.1) is 0 Å². The topological polar surface area (TPSA) is 98.7 Å². The van der Waals surface area contributed by atoms with Gasteiger partial charge in [0.15, 0.2) is 6.04 Å². The number of benzene rings is 1. The molecule has 0 saturated carbocycles. The van der Waals surface area contributed by atoms with Crippen LogP contribution >= 0.6 is 11.6 Å². The van der Waals surface area contributed by atoms with E-state index in [9.17, 15) is 9.59 Å². The molecule has 0 aliphatic carbocycles. The highest BCUT2D eigenvalue weighted by molar-refractivity contribution is 6.31. The van der Waals surface area contributed by atoms with Crippen LogP contribution in [0.4, 0.5) is 10.5 Å². The Bertz CT molecular complexity index is 464. The van der Waals surface area contributed by atoms with E-state index in [2.05, 4.69) is 10.6 Å². The van der Waals surface area contributed by atoms with Gasteiger partial charge in [-0.1, -0.05) is 17.7 Å². The van der Waals surface area contributed by atoms with Crippen molar-refractivity contribution in [2.75, 3.05) is 11.9 Å². The molecular weight excluding hydrogens is 260 g/mol. The Morgan fingerprint density at radius 2 is 2.11 bits per heavy atom. The molecule has 98 valence electrons. The number of nitrogens with one attached hydrogen (secondary N) is 2. The van der Waals surface area contributed by atoms with Crippen molar-refractivity contribution in [1.29, 1.82) is 0 Å². The first-order valence-corrected chi connectivity index (χ1v) is 5.49. The molecule has 4 N–H and O–H groups in total. The zero-order chi connectivity index (χ0) is 13.7. The number of hydrogen-bond donors (Lipinski definition) is 4. The van der Waals surface area contributed by atoms with Gasteiger partial charge in [0.05, 0.1) is 6.61 Å². The maximum atomic E-state index is 11.4. The van der Waals surface area contributed by atoms with Crippen molar-refractivity contribution in [3.8, 4) is 0 Å². The lowest BCUT2D eigenvalue weighted by Crippen LogP contribution is -2.45. The molecule has 2 amide bonds. The third kappa shape index (κ3) is 3.90. The van der Waals surface area contributed by atoms with E-state index >= 15 is 0 Å². The van der Waals surface area contributed by atoms with Crippen LogP contribution in [-0.2, 0) is 4.79 Å². The van der Waals surface area contributed by atoms with Crippen molar-refractivity contribution in [2.24, 2.45) is 0 Å². The zero-order valence-corrected chi connectivity index (χ0v) is 10.4. The summed E-state index contributed by atoms with van der Waals surface area (Å²) < 4.78 is 0. The molecule has 0 spiro atoms. The molecule has 1 atom stereocenters. The summed E-state index contributed by atoms with van der Waals surface area (Å²) in [5.41, 5.74) is 1.30. The van der Waals surface area contributed by atoms with Crippen LogP contribution in [0.1, 0.15) is 5.56 Å². The summed E-state index contributed by atoms with van der Waals surface area (Å²) in [6.07, 6.45) is 0.